The molecule has 0 fully saturated rings. The number of aliphatic hydroxyl groups excluding tert-OH is 1. The molecule has 1 amide bonds. The van der Waals surface area contributed by atoms with Crippen LogP contribution >= 0.6 is 0 Å². The van der Waals surface area contributed by atoms with Gasteiger partial charge >= 0.3 is 0 Å². The number of aromatic nitrogens is 1. The van der Waals surface area contributed by atoms with E-state index in [2.05, 4.69) is 10.3 Å². The Balaban J connectivity index is 0.000000519. The Hall–Kier alpha value is -4.47. The summed E-state index contributed by atoms with van der Waals surface area (Å²) in [4.78, 5) is 33.0. The summed E-state index contributed by atoms with van der Waals surface area (Å²) >= 11 is 0. The fraction of sp³-hybridized carbons (Fsp3) is 0.0667. The van der Waals surface area contributed by atoms with Crippen LogP contribution in [-0.2, 0) is 14.8 Å². The van der Waals surface area contributed by atoms with Crippen LogP contribution in [-0.4, -0.2) is 56.4 Å². The third-order valence-electron chi connectivity index (χ3n) is 3.44. The van der Waals surface area contributed by atoms with Crippen LogP contribution in [0.4, 0.5) is 5.82 Å². The van der Waals surface area contributed by atoms with Crippen molar-refractivity contribution in [2.45, 2.75) is 4.90 Å². The second kappa shape index (κ2) is 10.3. The molecule has 31 heavy (non-hydrogen) atoms. The van der Waals surface area contributed by atoms with Crippen LogP contribution in [0.3, 0.4) is 0 Å². The number of aliphatic hydroxyl groups is 1. The molecule has 3 rings (SSSR count). The van der Waals surface area contributed by atoms with Gasteiger partial charge in [-0.15, -0.1) is 20.2 Å². The molecule has 1 aliphatic heterocycles. The summed E-state index contributed by atoms with van der Waals surface area (Å²) in [5, 5.41) is 40.1. The number of likely N-dealkylation sites (N-methyl/N-ethyl adjacent to an activating group) is 1. The van der Waals surface area contributed by atoms with E-state index < -0.39 is 31.9 Å². The fourth-order valence-electron chi connectivity index (χ4n) is 2.29. The van der Waals surface area contributed by atoms with Gasteiger partial charge < -0.3 is 20.8 Å². The van der Waals surface area contributed by atoms with Crippen LogP contribution in [0.15, 0.2) is 59.3 Å². The molecule has 16 heteroatoms. The molecule has 2 aromatic rings. The van der Waals surface area contributed by atoms with Gasteiger partial charge in [-0.2, -0.15) is 0 Å². The molecule has 1 aromatic heterocycles. The average Bonchev–Trinajstić information content (AvgIpc) is 2.67. The van der Waals surface area contributed by atoms with Crippen molar-refractivity contribution in [3.05, 3.63) is 80.2 Å². The van der Waals surface area contributed by atoms with Crippen LogP contribution < -0.4 is 5.32 Å². The number of carbonyl (C=O) groups excluding carboxylic acids is 1. The number of nitrogens with zero attached hydrogens (tertiary/aromatic N) is 4. The van der Waals surface area contributed by atoms with Gasteiger partial charge in [0.2, 0.25) is 0 Å². The smallest absolute Gasteiger partial charge is 0.291 e. The first-order chi connectivity index (χ1) is 14.4. The zero-order valence-corrected chi connectivity index (χ0v) is 16.3. The Bertz CT molecular complexity index is 1080. The van der Waals surface area contributed by atoms with E-state index >= 15 is 0 Å². The predicted octanol–water partition coefficient (Wildman–Crippen LogP) is 0.886. The molecule has 0 atom stereocenters. The van der Waals surface area contributed by atoms with Gasteiger partial charge in [-0.05, 0) is 24.3 Å². The van der Waals surface area contributed by atoms with Crippen molar-refractivity contribution in [2.24, 2.45) is 0 Å². The Kier molecular flexibility index (Phi) is 8.20. The number of benzene rings is 1. The highest BCUT2D eigenvalue weighted by atomic mass is 32.2. The maximum absolute atomic E-state index is 12.5. The predicted molar refractivity (Wildman–Crippen MR) is 101 cm³/mol. The van der Waals surface area contributed by atoms with Crippen molar-refractivity contribution in [1.82, 2.24) is 9.29 Å². The third kappa shape index (κ3) is 6.53. The van der Waals surface area contributed by atoms with Crippen LogP contribution in [0.5, 0.6) is 0 Å². The first-order valence-electron chi connectivity index (χ1n) is 7.80. The van der Waals surface area contributed by atoms with Crippen LogP contribution in [0.25, 0.3) is 5.76 Å². The maximum Gasteiger partial charge on any atom is 0.291 e. The molecule has 0 unspecified atom stereocenters. The van der Waals surface area contributed by atoms with E-state index in [1.54, 1.807) is 30.3 Å². The molecular formula is C15H15N5O10S. The summed E-state index contributed by atoms with van der Waals surface area (Å²) in [5.74, 6) is -0.907. The Labute approximate surface area is 173 Å². The van der Waals surface area contributed by atoms with Crippen molar-refractivity contribution < 1.29 is 38.9 Å². The summed E-state index contributed by atoms with van der Waals surface area (Å²) in [6, 6.07) is 10.9. The fourth-order valence-corrected chi connectivity index (χ4v) is 3.69. The molecule has 0 saturated carbocycles. The number of hydrogen-bond acceptors (Lipinski definition) is 9. The number of pyridine rings is 1. The summed E-state index contributed by atoms with van der Waals surface area (Å²) in [6.07, 6.45) is 1.49. The largest absolute Gasteiger partial charge is 0.505 e. The number of hydrogen-bond donors (Lipinski definition) is 4. The highest BCUT2D eigenvalue weighted by Crippen LogP contribution is 2.34. The quantitative estimate of drug-likeness (QED) is 0.365. The number of anilines is 1. The van der Waals surface area contributed by atoms with E-state index in [0.717, 1.165) is 4.31 Å². The Morgan fingerprint density at radius 3 is 2.10 bits per heavy atom. The van der Waals surface area contributed by atoms with E-state index in [-0.39, 0.29) is 22.0 Å². The van der Waals surface area contributed by atoms with E-state index in [1.165, 1.54) is 25.4 Å². The summed E-state index contributed by atoms with van der Waals surface area (Å²) in [5.41, 5.74) is -0.258. The lowest BCUT2D eigenvalue weighted by molar-refractivity contribution is -0.742. The molecule has 0 bridgehead atoms. The molecule has 1 aliphatic rings. The van der Waals surface area contributed by atoms with E-state index in [4.69, 9.17) is 30.6 Å². The van der Waals surface area contributed by atoms with Crippen molar-refractivity contribution >= 4 is 27.5 Å². The minimum absolute atomic E-state index is 0.0469. The lowest BCUT2D eigenvalue weighted by Crippen LogP contribution is -2.37. The van der Waals surface area contributed by atoms with Crippen LogP contribution in [0, 0.1) is 20.2 Å². The minimum atomic E-state index is -3.91. The summed E-state index contributed by atoms with van der Waals surface area (Å²) in [6.45, 7) is 0. The van der Waals surface area contributed by atoms with E-state index in [9.17, 15) is 18.3 Å². The van der Waals surface area contributed by atoms with Gasteiger partial charge in [-0.3, -0.25) is 9.10 Å². The molecule has 166 valence electrons. The second-order valence-electron chi connectivity index (χ2n) is 5.31. The summed E-state index contributed by atoms with van der Waals surface area (Å²) in [7, 11) is -2.69. The number of sulfonamides is 1. The SMILES string of the molecule is CN1C(C(=O)Nc2ccccn2)=C(O)c2ccccc2S1(=O)=O.O=[N+]([O-])O.O=[N+]([O-])O. The van der Waals surface area contributed by atoms with Crippen LogP contribution in [0.2, 0.25) is 0 Å². The third-order valence-corrected chi connectivity index (χ3v) is 5.26. The van der Waals surface area contributed by atoms with Crippen molar-refractivity contribution in [2.75, 3.05) is 12.4 Å². The van der Waals surface area contributed by atoms with Gasteiger partial charge in [0.25, 0.3) is 26.1 Å². The zero-order chi connectivity index (χ0) is 23.8. The first-order valence-corrected chi connectivity index (χ1v) is 9.24. The van der Waals surface area contributed by atoms with Gasteiger partial charge in [0.1, 0.15) is 5.82 Å². The number of rotatable bonds is 2. The standard InChI is InChI=1S/C15H13N3O4S.2HNO3/c1-18-13(15(20)17-12-8-4-5-9-16-12)14(19)10-6-2-3-7-11(10)23(18,21)22;2*2-1(3)4/h2-9,19H,1H3,(H,16,17,20);2*(H,2,3,4). The van der Waals surface area contributed by atoms with Crippen molar-refractivity contribution in [3.8, 4) is 0 Å². The van der Waals surface area contributed by atoms with Crippen LogP contribution in [0.1, 0.15) is 5.56 Å². The molecule has 0 saturated heterocycles. The average molecular weight is 457 g/mol. The molecular weight excluding hydrogens is 442 g/mol. The number of fused-ring (bicyclic) bond motifs is 1. The van der Waals surface area contributed by atoms with E-state index in [1.807, 2.05) is 0 Å². The van der Waals surface area contributed by atoms with Gasteiger partial charge in [-0.1, -0.05) is 18.2 Å². The van der Waals surface area contributed by atoms with Gasteiger partial charge in [-0.25, -0.2) is 13.4 Å². The Morgan fingerprint density at radius 2 is 1.58 bits per heavy atom. The Morgan fingerprint density at radius 1 is 1.06 bits per heavy atom. The van der Waals surface area contributed by atoms with Crippen molar-refractivity contribution in [1.29, 1.82) is 0 Å². The van der Waals surface area contributed by atoms with Crippen molar-refractivity contribution in [3.63, 3.8) is 0 Å². The first kappa shape index (κ1) is 24.6. The topological polar surface area (TPSA) is 226 Å². The molecule has 1 aromatic carbocycles. The zero-order valence-electron chi connectivity index (χ0n) is 15.5. The summed E-state index contributed by atoms with van der Waals surface area (Å²) < 4.78 is 25.8. The molecule has 2 heterocycles. The molecule has 0 radical (unpaired) electrons. The lowest BCUT2D eigenvalue weighted by Gasteiger charge is -2.28. The molecule has 15 nitrogen and oxygen atoms in total. The lowest BCUT2D eigenvalue weighted by atomic mass is 10.1. The van der Waals surface area contributed by atoms with Gasteiger partial charge in [0.15, 0.2) is 11.5 Å². The minimum Gasteiger partial charge on any atom is -0.505 e. The highest BCUT2D eigenvalue weighted by Gasteiger charge is 2.37. The highest BCUT2D eigenvalue weighted by molar-refractivity contribution is 7.89. The normalized spacial score (nSPS) is 13.4. The number of nitrogens with one attached hydrogen (secondary N) is 1. The number of amides is 1. The molecule has 0 aliphatic carbocycles. The molecule has 4 N–H and O–H groups in total. The monoisotopic (exact) mass is 457 g/mol. The second-order valence-corrected chi connectivity index (χ2v) is 7.25. The maximum atomic E-state index is 12.5. The van der Waals surface area contributed by atoms with Gasteiger partial charge in [0, 0.05) is 18.8 Å². The van der Waals surface area contributed by atoms with E-state index in [0.29, 0.717) is 0 Å². The molecule has 0 spiro atoms. The number of carbonyl (C=O) groups is 1. The van der Waals surface area contributed by atoms with Gasteiger partial charge in [0.05, 0.1) is 4.90 Å².